The van der Waals surface area contributed by atoms with Crippen molar-refractivity contribution >= 4 is 16.5 Å². The Kier molecular flexibility index (Phi) is 4.00. The molecule has 0 unspecified atom stereocenters. The van der Waals surface area contributed by atoms with Gasteiger partial charge in [-0.1, -0.05) is 17.4 Å². The molecule has 0 bridgehead atoms. The zero-order valence-corrected chi connectivity index (χ0v) is 11.4. The number of pyridine rings is 1. The molecule has 2 aromatic heterocycles. The fraction of sp³-hybridized carbons (Fsp3) is 0.462. The molecule has 2 aromatic rings. The van der Waals surface area contributed by atoms with Gasteiger partial charge >= 0.3 is 0 Å². The molecule has 0 spiro atoms. The molecule has 0 aromatic carbocycles. The molecule has 0 radical (unpaired) electrons. The SMILES string of the molecule is c1ccc(-c2nnc(NCC3CCOCC3)s2)nc1. The van der Waals surface area contributed by atoms with Gasteiger partial charge in [0.1, 0.15) is 5.69 Å². The van der Waals surface area contributed by atoms with Gasteiger partial charge in [-0.15, -0.1) is 10.2 Å². The van der Waals surface area contributed by atoms with Gasteiger partial charge in [-0.25, -0.2) is 0 Å². The van der Waals surface area contributed by atoms with E-state index in [2.05, 4.69) is 20.5 Å². The second-order valence-electron chi connectivity index (χ2n) is 4.56. The summed E-state index contributed by atoms with van der Waals surface area (Å²) in [7, 11) is 0. The van der Waals surface area contributed by atoms with Crippen molar-refractivity contribution in [3.8, 4) is 10.7 Å². The van der Waals surface area contributed by atoms with Gasteiger partial charge in [-0.2, -0.15) is 0 Å². The van der Waals surface area contributed by atoms with E-state index in [9.17, 15) is 0 Å². The number of aromatic nitrogens is 3. The molecule has 3 heterocycles. The summed E-state index contributed by atoms with van der Waals surface area (Å²) in [4.78, 5) is 4.28. The highest BCUT2D eigenvalue weighted by Crippen LogP contribution is 2.25. The van der Waals surface area contributed by atoms with Crippen molar-refractivity contribution in [2.45, 2.75) is 12.8 Å². The van der Waals surface area contributed by atoms with E-state index in [0.717, 1.165) is 48.4 Å². The maximum atomic E-state index is 5.35. The van der Waals surface area contributed by atoms with Gasteiger partial charge in [0.15, 0.2) is 5.01 Å². The minimum Gasteiger partial charge on any atom is -0.381 e. The quantitative estimate of drug-likeness (QED) is 0.929. The molecule has 1 aliphatic rings. The first-order chi connectivity index (χ1) is 9.42. The summed E-state index contributed by atoms with van der Waals surface area (Å²) in [5.74, 6) is 0.677. The lowest BCUT2D eigenvalue weighted by molar-refractivity contribution is 0.0699. The van der Waals surface area contributed by atoms with Crippen LogP contribution in [-0.2, 0) is 4.74 Å². The zero-order valence-electron chi connectivity index (χ0n) is 10.6. The molecule has 1 aliphatic heterocycles. The molecule has 1 saturated heterocycles. The van der Waals surface area contributed by atoms with E-state index in [1.807, 2.05) is 18.2 Å². The molecule has 19 heavy (non-hydrogen) atoms. The Morgan fingerprint density at radius 2 is 2.16 bits per heavy atom. The fourth-order valence-electron chi connectivity index (χ4n) is 2.07. The first-order valence-corrected chi connectivity index (χ1v) is 7.30. The van der Waals surface area contributed by atoms with Crippen LogP contribution in [0, 0.1) is 5.92 Å². The fourth-order valence-corrected chi connectivity index (χ4v) is 2.80. The van der Waals surface area contributed by atoms with Gasteiger partial charge in [-0.05, 0) is 30.9 Å². The van der Waals surface area contributed by atoms with E-state index in [1.165, 1.54) is 0 Å². The van der Waals surface area contributed by atoms with Gasteiger partial charge in [0.25, 0.3) is 0 Å². The second-order valence-corrected chi connectivity index (χ2v) is 5.54. The lowest BCUT2D eigenvalue weighted by atomic mass is 10.0. The standard InChI is InChI=1S/C13H16N4OS/c1-2-6-14-11(3-1)12-16-17-13(19-12)15-9-10-4-7-18-8-5-10/h1-3,6,10H,4-5,7-9H2,(H,15,17). The normalized spacial score (nSPS) is 16.4. The van der Waals surface area contributed by atoms with Crippen LogP contribution in [0.4, 0.5) is 5.13 Å². The smallest absolute Gasteiger partial charge is 0.206 e. The van der Waals surface area contributed by atoms with E-state index in [1.54, 1.807) is 17.5 Å². The Bertz CT molecular complexity index is 510. The summed E-state index contributed by atoms with van der Waals surface area (Å²) < 4.78 is 5.35. The first-order valence-electron chi connectivity index (χ1n) is 6.48. The molecule has 5 nitrogen and oxygen atoms in total. The summed E-state index contributed by atoms with van der Waals surface area (Å²) >= 11 is 1.55. The first kappa shape index (κ1) is 12.5. The largest absolute Gasteiger partial charge is 0.381 e. The third kappa shape index (κ3) is 3.27. The van der Waals surface area contributed by atoms with E-state index >= 15 is 0 Å². The number of nitrogens with one attached hydrogen (secondary N) is 1. The molecule has 0 amide bonds. The van der Waals surface area contributed by atoms with E-state index in [0.29, 0.717) is 5.92 Å². The molecule has 6 heteroatoms. The van der Waals surface area contributed by atoms with Crippen LogP contribution in [0.15, 0.2) is 24.4 Å². The Hall–Kier alpha value is -1.53. The average Bonchev–Trinajstić information content (AvgIpc) is 2.96. The van der Waals surface area contributed by atoms with Crippen LogP contribution >= 0.6 is 11.3 Å². The van der Waals surface area contributed by atoms with Crippen molar-refractivity contribution in [3.05, 3.63) is 24.4 Å². The lowest BCUT2D eigenvalue weighted by Gasteiger charge is -2.21. The Morgan fingerprint density at radius 1 is 1.26 bits per heavy atom. The van der Waals surface area contributed by atoms with Crippen LogP contribution < -0.4 is 5.32 Å². The van der Waals surface area contributed by atoms with Crippen molar-refractivity contribution < 1.29 is 4.74 Å². The second kappa shape index (κ2) is 6.08. The van der Waals surface area contributed by atoms with Gasteiger partial charge < -0.3 is 10.1 Å². The van der Waals surface area contributed by atoms with Crippen molar-refractivity contribution in [2.24, 2.45) is 5.92 Å². The summed E-state index contributed by atoms with van der Waals surface area (Å²) in [6.45, 7) is 2.70. The van der Waals surface area contributed by atoms with E-state index in [4.69, 9.17) is 4.74 Å². The number of ether oxygens (including phenoxy) is 1. The Morgan fingerprint density at radius 3 is 2.95 bits per heavy atom. The molecule has 0 saturated carbocycles. The van der Waals surface area contributed by atoms with Gasteiger partial charge in [-0.3, -0.25) is 4.98 Å². The van der Waals surface area contributed by atoms with Crippen LogP contribution in [-0.4, -0.2) is 34.9 Å². The third-order valence-electron chi connectivity index (χ3n) is 3.19. The number of rotatable bonds is 4. The Labute approximate surface area is 116 Å². The third-order valence-corrected chi connectivity index (χ3v) is 4.10. The molecule has 0 atom stereocenters. The molecular formula is C13H16N4OS. The molecule has 3 rings (SSSR count). The van der Waals surface area contributed by atoms with Crippen LogP contribution in [0.3, 0.4) is 0 Å². The highest BCUT2D eigenvalue weighted by atomic mass is 32.1. The number of anilines is 1. The van der Waals surface area contributed by atoms with Gasteiger partial charge in [0.2, 0.25) is 5.13 Å². The highest BCUT2D eigenvalue weighted by Gasteiger charge is 2.14. The molecule has 0 aliphatic carbocycles. The van der Waals surface area contributed by atoms with Crippen LogP contribution in [0.2, 0.25) is 0 Å². The zero-order chi connectivity index (χ0) is 12.9. The van der Waals surface area contributed by atoms with E-state index < -0.39 is 0 Å². The summed E-state index contributed by atoms with van der Waals surface area (Å²) in [6.07, 6.45) is 4.02. The molecule has 1 N–H and O–H groups in total. The van der Waals surface area contributed by atoms with Crippen molar-refractivity contribution in [1.29, 1.82) is 0 Å². The maximum absolute atomic E-state index is 5.35. The maximum Gasteiger partial charge on any atom is 0.206 e. The molecule has 1 fully saturated rings. The number of hydrogen-bond donors (Lipinski definition) is 1. The summed E-state index contributed by atoms with van der Waals surface area (Å²) in [5.41, 5.74) is 0.874. The number of hydrogen-bond acceptors (Lipinski definition) is 6. The van der Waals surface area contributed by atoms with Gasteiger partial charge in [0.05, 0.1) is 0 Å². The van der Waals surface area contributed by atoms with Crippen LogP contribution in [0.5, 0.6) is 0 Å². The Balaban J connectivity index is 1.59. The predicted molar refractivity (Wildman–Crippen MR) is 75.2 cm³/mol. The number of nitrogens with zero attached hydrogens (tertiary/aromatic N) is 3. The van der Waals surface area contributed by atoms with Crippen molar-refractivity contribution in [3.63, 3.8) is 0 Å². The van der Waals surface area contributed by atoms with Crippen LogP contribution in [0.1, 0.15) is 12.8 Å². The van der Waals surface area contributed by atoms with Crippen molar-refractivity contribution in [2.75, 3.05) is 25.1 Å². The predicted octanol–water partition coefficient (Wildman–Crippen LogP) is 2.44. The summed E-state index contributed by atoms with van der Waals surface area (Å²) in [5, 5.41) is 13.4. The van der Waals surface area contributed by atoms with Crippen LogP contribution in [0.25, 0.3) is 10.7 Å². The minimum atomic E-state index is 0.677. The average molecular weight is 276 g/mol. The summed E-state index contributed by atoms with van der Waals surface area (Å²) in [6, 6.07) is 5.80. The molecule has 100 valence electrons. The minimum absolute atomic E-state index is 0.677. The topological polar surface area (TPSA) is 59.9 Å². The van der Waals surface area contributed by atoms with E-state index in [-0.39, 0.29) is 0 Å². The molecular weight excluding hydrogens is 260 g/mol. The highest BCUT2D eigenvalue weighted by molar-refractivity contribution is 7.18. The van der Waals surface area contributed by atoms with Crippen molar-refractivity contribution in [1.82, 2.24) is 15.2 Å². The lowest BCUT2D eigenvalue weighted by Crippen LogP contribution is -2.22. The monoisotopic (exact) mass is 276 g/mol. The van der Waals surface area contributed by atoms with Gasteiger partial charge in [0, 0.05) is 26.0 Å².